The maximum Gasteiger partial charge on any atom is 0.416 e. The minimum atomic E-state index is -4.42. The standard InChI is InChI=1S/C18H18F3NOS/c1-13-7-9-15(10-8-13)24-12-17(23)22(2)11-14-5-3-4-6-16(14)18(19,20)21/h3-10H,11-12H2,1-2H3. The van der Waals surface area contributed by atoms with Crippen molar-refractivity contribution in [3.63, 3.8) is 0 Å². The number of aryl methyl sites for hydroxylation is 1. The molecule has 0 aromatic heterocycles. The molecule has 2 nitrogen and oxygen atoms in total. The van der Waals surface area contributed by atoms with Crippen LogP contribution in [-0.4, -0.2) is 23.6 Å². The Morgan fingerprint density at radius 2 is 1.71 bits per heavy atom. The Labute approximate surface area is 143 Å². The Balaban J connectivity index is 1.98. The number of benzene rings is 2. The van der Waals surface area contributed by atoms with Crippen molar-refractivity contribution in [1.82, 2.24) is 4.90 Å². The third kappa shape index (κ3) is 5.03. The molecule has 2 rings (SSSR count). The van der Waals surface area contributed by atoms with E-state index in [1.807, 2.05) is 31.2 Å². The largest absolute Gasteiger partial charge is 0.416 e. The van der Waals surface area contributed by atoms with Gasteiger partial charge in [-0.25, -0.2) is 0 Å². The van der Waals surface area contributed by atoms with Gasteiger partial charge in [0.2, 0.25) is 5.91 Å². The lowest BCUT2D eigenvalue weighted by Gasteiger charge is -2.20. The van der Waals surface area contributed by atoms with Gasteiger partial charge in [-0.05, 0) is 30.7 Å². The zero-order valence-electron chi connectivity index (χ0n) is 13.4. The summed E-state index contributed by atoms with van der Waals surface area (Å²) in [7, 11) is 1.52. The Hall–Kier alpha value is -1.95. The van der Waals surface area contributed by atoms with Crippen LogP contribution < -0.4 is 0 Å². The zero-order valence-corrected chi connectivity index (χ0v) is 14.2. The van der Waals surface area contributed by atoms with Crippen LogP contribution >= 0.6 is 11.8 Å². The molecule has 0 saturated carbocycles. The number of carbonyl (C=O) groups excluding carboxylic acids is 1. The highest BCUT2D eigenvalue weighted by atomic mass is 32.2. The SMILES string of the molecule is Cc1ccc(SCC(=O)N(C)Cc2ccccc2C(F)(F)F)cc1. The summed E-state index contributed by atoms with van der Waals surface area (Å²) in [5, 5.41) is 0. The monoisotopic (exact) mass is 353 g/mol. The fraction of sp³-hybridized carbons (Fsp3) is 0.278. The lowest BCUT2D eigenvalue weighted by molar-refractivity contribution is -0.139. The van der Waals surface area contributed by atoms with Crippen molar-refractivity contribution in [2.75, 3.05) is 12.8 Å². The molecule has 0 aliphatic heterocycles. The number of hydrogen-bond acceptors (Lipinski definition) is 2. The van der Waals surface area contributed by atoms with Crippen molar-refractivity contribution in [2.24, 2.45) is 0 Å². The van der Waals surface area contributed by atoms with Crippen LogP contribution in [0.5, 0.6) is 0 Å². The van der Waals surface area contributed by atoms with Gasteiger partial charge in [-0.3, -0.25) is 4.79 Å². The molecule has 0 bridgehead atoms. The van der Waals surface area contributed by atoms with Crippen LogP contribution in [0.1, 0.15) is 16.7 Å². The van der Waals surface area contributed by atoms with Crippen LogP contribution in [0.15, 0.2) is 53.4 Å². The first kappa shape index (κ1) is 18.4. The van der Waals surface area contributed by atoms with E-state index in [1.54, 1.807) is 6.07 Å². The molecule has 0 fully saturated rings. The first-order valence-electron chi connectivity index (χ1n) is 7.36. The Morgan fingerprint density at radius 1 is 1.08 bits per heavy atom. The summed E-state index contributed by atoms with van der Waals surface area (Å²) in [6, 6.07) is 13.1. The first-order chi connectivity index (χ1) is 11.3. The van der Waals surface area contributed by atoms with Gasteiger partial charge in [-0.2, -0.15) is 13.2 Å². The van der Waals surface area contributed by atoms with E-state index in [0.717, 1.165) is 16.5 Å². The van der Waals surface area contributed by atoms with Crippen molar-refractivity contribution in [3.8, 4) is 0 Å². The number of nitrogens with zero attached hydrogens (tertiary/aromatic N) is 1. The molecule has 0 N–H and O–H groups in total. The van der Waals surface area contributed by atoms with E-state index in [9.17, 15) is 18.0 Å². The summed E-state index contributed by atoms with van der Waals surface area (Å²) < 4.78 is 39.0. The van der Waals surface area contributed by atoms with Gasteiger partial charge in [0, 0.05) is 18.5 Å². The third-order valence-corrected chi connectivity index (χ3v) is 4.54. The van der Waals surface area contributed by atoms with E-state index < -0.39 is 11.7 Å². The molecule has 0 saturated heterocycles. The second kappa shape index (κ2) is 7.75. The molecule has 2 aromatic rings. The van der Waals surface area contributed by atoms with Crippen molar-refractivity contribution in [1.29, 1.82) is 0 Å². The van der Waals surface area contributed by atoms with Gasteiger partial charge in [0.05, 0.1) is 11.3 Å². The van der Waals surface area contributed by atoms with Crippen LogP contribution in [-0.2, 0) is 17.5 Å². The van der Waals surface area contributed by atoms with E-state index in [2.05, 4.69) is 0 Å². The van der Waals surface area contributed by atoms with Crippen LogP contribution in [0.3, 0.4) is 0 Å². The van der Waals surface area contributed by atoms with Crippen molar-refractivity contribution in [2.45, 2.75) is 24.5 Å². The van der Waals surface area contributed by atoms with Gasteiger partial charge in [0.1, 0.15) is 0 Å². The van der Waals surface area contributed by atoms with Crippen LogP contribution in [0, 0.1) is 6.92 Å². The molecule has 0 spiro atoms. The second-order valence-corrected chi connectivity index (χ2v) is 6.56. The third-order valence-electron chi connectivity index (χ3n) is 3.54. The molecule has 0 unspecified atom stereocenters. The van der Waals surface area contributed by atoms with Gasteiger partial charge in [-0.15, -0.1) is 11.8 Å². The van der Waals surface area contributed by atoms with Gasteiger partial charge in [0.15, 0.2) is 0 Å². The number of thioether (sulfide) groups is 1. The number of amides is 1. The minimum absolute atomic E-state index is 0.0665. The van der Waals surface area contributed by atoms with E-state index >= 15 is 0 Å². The number of hydrogen-bond donors (Lipinski definition) is 0. The molecule has 6 heteroatoms. The average molecular weight is 353 g/mol. The van der Waals surface area contributed by atoms with Gasteiger partial charge < -0.3 is 4.90 Å². The van der Waals surface area contributed by atoms with Crippen LogP contribution in [0.2, 0.25) is 0 Å². The summed E-state index contributed by atoms with van der Waals surface area (Å²) in [5.74, 6) is -0.0224. The minimum Gasteiger partial charge on any atom is -0.341 e. The van der Waals surface area contributed by atoms with Crippen molar-refractivity contribution >= 4 is 17.7 Å². The summed E-state index contributed by atoms with van der Waals surface area (Å²) in [4.78, 5) is 14.5. The van der Waals surface area contributed by atoms with Crippen LogP contribution in [0.25, 0.3) is 0 Å². The molecule has 0 heterocycles. The fourth-order valence-electron chi connectivity index (χ4n) is 2.17. The van der Waals surface area contributed by atoms with Gasteiger partial charge in [-0.1, -0.05) is 35.9 Å². The summed E-state index contributed by atoms with van der Waals surface area (Å²) >= 11 is 1.37. The number of rotatable bonds is 5. The van der Waals surface area contributed by atoms with Crippen molar-refractivity contribution in [3.05, 3.63) is 65.2 Å². The summed E-state index contributed by atoms with van der Waals surface area (Å²) in [6.07, 6.45) is -4.42. The predicted octanol–water partition coefficient (Wildman–Crippen LogP) is 4.76. The van der Waals surface area contributed by atoms with E-state index in [-0.39, 0.29) is 23.8 Å². The lowest BCUT2D eigenvalue weighted by Crippen LogP contribution is -2.28. The topological polar surface area (TPSA) is 20.3 Å². The number of halogens is 3. The van der Waals surface area contributed by atoms with E-state index in [1.165, 1.54) is 35.8 Å². The van der Waals surface area contributed by atoms with Crippen molar-refractivity contribution < 1.29 is 18.0 Å². The maximum absolute atomic E-state index is 13.0. The van der Waals surface area contributed by atoms with Gasteiger partial charge >= 0.3 is 6.18 Å². The lowest BCUT2D eigenvalue weighted by atomic mass is 10.1. The Morgan fingerprint density at radius 3 is 2.33 bits per heavy atom. The highest BCUT2D eigenvalue weighted by molar-refractivity contribution is 8.00. The maximum atomic E-state index is 13.0. The quantitative estimate of drug-likeness (QED) is 0.722. The normalized spacial score (nSPS) is 11.4. The molecule has 1 amide bonds. The molecular weight excluding hydrogens is 335 g/mol. The fourth-order valence-corrected chi connectivity index (χ4v) is 3.01. The average Bonchev–Trinajstić information content (AvgIpc) is 2.53. The molecule has 0 aliphatic carbocycles. The zero-order chi connectivity index (χ0) is 17.7. The summed E-state index contributed by atoms with van der Waals surface area (Å²) in [6.45, 7) is 1.91. The van der Waals surface area contributed by atoms with Crippen LogP contribution in [0.4, 0.5) is 13.2 Å². The van der Waals surface area contributed by atoms with Gasteiger partial charge in [0.25, 0.3) is 0 Å². The number of alkyl halides is 3. The second-order valence-electron chi connectivity index (χ2n) is 5.51. The molecular formula is C18H18F3NOS. The molecule has 0 radical (unpaired) electrons. The summed E-state index contributed by atoms with van der Waals surface area (Å²) in [5.41, 5.74) is 0.531. The number of carbonyl (C=O) groups is 1. The predicted molar refractivity (Wildman–Crippen MR) is 89.8 cm³/mol. The van der Waals surface area contributed by atoms with E-state index in [0.29, 0.717) is 0 Å². The van der Waals surface area contributed by atoms with E-state index in [4.69, 9.17) is 0 Å². The molecule has 2 aromatic carbocycles. The Kier molecular flexibility index (Phi) is 5.94. The highest BCUT2D eigenvalue weighted by Gasteiger charge is 2.33. The highest BCUT2D eigenvalue weighted by Crippen LogP contribution is 2.32. The molecule has 0 atom stereocenters. The Bertz CT molecular complexity index is 698. The molecule has 128 valence electrons. The molecule has 0 aliphatic rings. The smallest absolute Gasteiger partial charge is 0.341 e. The first-order valence-corrected chi connectivity index (χ1v) is 8.34. The molecule has 24 heavy (non-hydrogen) atoms.